The van der Waals surface area contributed by atoms with Gasteiger partial charge >= 0.3 is 0 Å². The standard InChI is InChI=1S/C15H19N3O3S/c1-9-8-16-15(22-9)17-12(19)6-7-18-13(20)10-4-2-3-5-11(10)14(18)21/h8,10-11H,2-7H2,1H3,(H,16,17,19)/t10-,11+. The zero-order chi connectivity index (χ0) is 15.7. The second kappa shape index (κ2) is 6.16. The molecule has 1 aliphatic heterocycles. The van der Waals surface area contributed by atoms with Crippen LogP contribution in [-0.2, 0) is 14.4 Å². The average molecular weight is 321 g/mol. The van der Waals surface area contributed by atoms with Crippen molar-refractivity contribution < 1.29 is 14.4 Å². The Hall–Kier alpha value is -1.76. The van der Waals surface area contributed by atoms with E-state index in [4.69, 9.17) is 0 Å². The summed E-state index contributed by atoms with van der Waals surface area (Å²) in [4.78, 5) is 42.9. The van der Waals surface area contributed by atoms with Crippen LogP contribution in [0, 0.1) is 18.8 Å². The maximum absolute atomic E-state index is 12.3. The Morgan fingerprint density at radius 3 is 2.50 bits per heavy atom. The van der Waals surface area contributed by atoms with Crippen LogP contribution in [0.2, 0.25) is 0 Å². The fourth-order valence-corrected chi connectivity index (χ4v) is 3.94. The summed E-state index contributed by atoms with van der Waals surface area (Å²) in [5.41, 5.74) is 0. The molecule has 0 radical (unpaired) electrons. The van der Waals surface area contributed by atoms with Crippen molar-refractivity contribution >= 4 is 34.2 Å². The highest BCUT2D eigenvalue weighted by Crippen LogP contribution is 2.37. The van der Waals surface area contributed by atoms with E-state index in [1.54, 1.807) is 6.20 Å². The van der Waals surface area contributed by atoms with Crippen molar-refractivity contribution in [1.29, 1.82) is 0 Å². The zero-order valence-electron chi connectivity index (χ0n) is 12.5. The monoisotopic (exact) mass is 321 g/mol. The highest BCUT2D eigenvalue weighted by molar-refractivity contribution is 7.15. The van der Waals surface area contributed by atoms with E-state index in [9.17, 15) is 14.4 Å². The number of anilines is 1. The van der Waals surface area contributed by atoms with E-state index < -0.39 is 0 Å². The van der Waals surface area contributed by atoms with Crippen molar-refractivity contribution in [3.8, 4) is 0 Å². The molecule has 6 nitrogen and oxygen atoms in total. The SMILES string of the molecule is Cc1cnc(NC(=O)CCN2C(=O)[C@H]3CCCC[C@H]3C2=O)s1. The molecule has 0 bridgehead atoms. The molecule has 1 N–H and O–H groups in total. The van der Waals surface area contributed by atoms with Crippen molar-refractivity contribution in [3.05, 3.63) is 11.1 Å². The van der Waals surface area contributed by atoms with Gasteiger partial charge in [0.05, 0.1) is 11.8 Å². The summed E-state index contributed by atoms with van der Waals surface area (Å²) < 4.78 is 0. The van der Waals surface area contributed by atoms with E-state index in [1.807, 2.05) is 6.92 Å². The van der Waals surface area contributed by atoms with E-state index in [0.29, 0.717) is 5.13 Å². The lowest BCUT2D eigenvalue weighted by atomic mass is 9.81. The Balaban J connectivity index is 1.55. The van der Waals surface area contributed by atoms with Crippen molar-refractivity contribution in [2.45, 2.75) is 39.0 Å². The summed E-state index contributed by atoms with van der Waals surface area (Å²) in [5.74, 6) is -0.693. The lowest BCUT2D eigenvalue weighted by Crippen LogP contribution is -2.34. The molecule has 22 heavy (non-hydrogen) atoms. The van der Waals surface area contributed by atoms with Crippen molar-refractivity contribution in [3.63, 3.8) is 0 Å². The lowest BCUT2D eigenvalue weighted by Gasteiger charge is -2.19. The van der Waals surface area contributed by atoms with Crippen LogP contribution in [0.4, 0.5) is 5.13 Å². The fraction of sp³-hybridized carbons (Fsp3) is 0.600. The van der Waals surface area contributed by atoms with Gasteiger partial charge in [0.1, 0.15) is 0 Å². The van der Waals surface area contributed by atoms with Gasteiger partial charge in [-0.2, -0.15) is 0 Å². The van der Waals surface area contributed by atoms with Crippen molar-refractivity contribution in [2.24, 2.45) is 11.8 Å². The number of aryl methyl sites for hydroxylation is 1. The Kier molecular flexibility index (Phi) is 4.24. The van der Waals surface area contributed by atoms with E-state index in [-0.39, 0.29) is 42.5 Å². The molecule has 2 fully saturated rings. The highest BCUT2D eigenvalue weighted by Gasteiger charge is 2.47. The summed E-state index contributed by atoms with van der Waals surface area (Å²) in [6, 6.07) is 0. The molecular weight excluding hydrogens is 302 g/mol. The minimum Gasteiger partial charge on any atom is -0.302 e. The third-order valence-electron chi connectivity index (χ3n) is 4.36. The number of imide groups is 1. The topological polar surface area (TPSA) is 79.4 Å². The molecule has 2 atom stereocenters. The summed E-state index contributed by atoms with van der Waals surface area (Å²) in [6.45, 7) is 2.08. The number of carbonyl (C=O) groups excluding carboxylic acids is 3. The van der Waals surface area contributed by atoms with Gasteiger partial charge in [0.15, 0.2) is 5.13 Å². The molecule has 3 amide bonds. The average Bonchev–Trinajstić information content (AvgIpc) is 3.01. The van der Waals surface area contributed by atoms with Crippen LogP contribution in [0.25, 0.3) is 0 Å². The first-order valence-electron chi connectivity index (χ1n) is 7.64. The largest absolute Gasteiger partial charge is 0.302 e. The van der Waals surface area contributed by atoms with Gasteiger partial charge in [-0.05, 0) is 19.8 Å². The first kappa shape index (κ1) is 15.1. The molecule has 7 heteroatoms. The van der Waals surface area contributed by atoms with Crippen LogP contribution in [0.1, 0.15) is 37.0 Å². The molecule has 1 aromatic rings. The maximum atomic E-state index is 12.3. The van der Waals surface area contributed by atoms with Gasteiger partial charge in [-0.1, -0.05) is 12.8 Å². The molecule has 1 aliphatic carbocycles. The predicted octanol–water partition coefficient (Wildman–Crippen LogP) is 1.96. The van der Waals surface area contributed by atoms with Crippen LogP contribution in [0.5, 0.6) is 0 Å². The minimum absolute atomic E-state index is 0.0902. The van der Waals surface area contributed by atoms with Gasteiger partial charge in [0, 0.05) is 24.0 Å². The lowest BCUT2D eigenvalue weighted by molar-refractivity contribution is -0.140. The van der Waals surface area contributed by atoms with Crippen LogP contribution in [-0.4, -0.2) is 34.2 Å². The zero-order valence-corrected chi connectivity index (χ0v) is 13.3. The summed E-state index contributed by atoms with van der Waals surface area (Å²) in [5, 5.41) is 3.25. The van der Waals surface area contributed by atoms with E-state index in [1.165, 1.54) is 16.2 Å². The molecule has 0 unspecified atom stereocenters. The summed E-state index contributed by atoms with van der Waals surface area (Å²) in [7, 11) is 0. The number of nitrogens with zero attached hydrogens (tertiary/aromatic N) is 2. The Morgan fingerprint density at radius 1 is 1.32 bits per heavy atom. The van der Waals surface area contributed by atoms with E-state index >= 15 is 0 Å². The molecule has 118 valence electrons. The van der Waals surface area contributed by atoms with Crippen LogP contribution in [0.3, 0.4) is 0 Å². The van der Waals surface area contributed by atoms with Gasteiger partial charge in [-0.15, -0.1) is 11.3 Å². The Morgan fingerprint density at radius 2 is 1.95 bits per heavy atom. The number of rotatable bonds is 4. The van der Waals surface area contributed by atoms with Gasteiger partial charge in [0.2, 0.25) is 17.7 Å². The Labute approximate surface area is 132 Å². The third kappa shape index (κ3) is 2.90. The number of nitrogens with one attached hydrogen (secondary N) is 1. The summed E-state index contributed by atoms with van der Waals surface area (Å²) >= 11 is 1.40. The number of hydrogen-bond donors (Lipinski definition) is 1. The number of carbonyl (C=O) groups is 3. The fourth-order valence-electron chi connectivity index (χ4n) is 3.26. The number of aromatic nitrogens is 1. The molecule has 0 spiro atoms. The smallest absolute Gasteiger partial charge is 0.233 e. The maximum Gasteiger partial charge on any atom is 0.233 e. The second-order valence-corrected chi connectivity index (χ2v) is 7.13. The number of fused-ring (bicyclic) bond motifs is 1. The second-order valence-electron chi connectivity index (χ2n) is 5.90. The number of amides is 3. The Bertz CT molecular complexity index is 589. The van der Waals surface area contributed by atoms with Crippen molar-refractivity contribution in [2.75, 3.05) is 11.9 Å². The molecule has 1 aromatic heterocycles. The van der Waals surface area contributed by atoms with Crippen molar-refractivity contribution in [1.82, 2.24) is 9.88 Å². The molecule has 0 aromatic carbocycles. The third-order valence-corrected chi connectivity index (χ3v) is 5.19. The summed E-state index contributed by atoms with van der Waals surface area (Å²) in [6.07, 6.45) is 5.44. The van der Waals surface area contributed by atoms with Gasteiger partial charge in [-0.3, -0.25) is 19.3 Å². The van der Waals surface area contributed by atoms with Crippen LogP contribution >= 0.6 is 11.3 Å². The number of thiazole rings is 1. The van der Waals surface area contributed by atoms with E-state index in [2.05, 4.69) is 10.3 Å². The number of hydrogen-bond acceptors (Lipinski definition) is 5. The molecule has 1 saturated carbocycles. The van der Waals surface area contributed by atoms with Crippen LogP contribution < -0.4 is 5.32 Å². The van der Waals surface area contributed by atoms with Crippen LogP contribution in [0.15, 0.2) is 6.20 Å². The molecular formula is C15H19N3O3S. The minimum atomic E-state index is -0.218. The first-order chi connectivity index (χ1) is 10.6. The normalized spacial score (nSPS) is 24.5. The molecule has 2 aliphatic rings. The quantitative estimate of drug-likeness (QED) is 0.860. The van der Waals surface area contributed by atoms with Gasteiger partial charge in [0.25, 0.3) is 0 Å². The number of likely N-dealkylation sites (tertiary alicyclic amines) is 1. The van der Waals surface area contributed by atoms with Gasteiger partial charge in [-0.25, -0.2) is 4.98 Å². The highest BCUT2D eigenvalue weighted by atomic mass is 32.1. The first-order valence-corrected chi connectivity index (χ1v) is 8.45. The predicted molar refractivity (Wildman–Crippen MR) is 82.3 cm³/mol. The molecule has 2 heterocycles. The molecule has 3 rings (SSSR count). The van der Waals surface area contributed by atoms with Gasteiger partial charge < -0.3 is 5.32 Å². The molecule has 1 saturated heterocycles. The van der Waals surface area contributed by atoms with E-state index in [0.717, 1.165) is 30.6 Å².